The number of urea groups is 1. The molecule has 1 aromatic heterocycles. The van der Waals surface area contributed by atoms with E-state index in [4.69, 9.17) is 0 Å². The third-order valence-electron chi connectivity index (χ3n) is 6.54. The topological polar surface area (TPSA) is 54.0 Å². The summed E-state index contributed by atoms with van der Waals surface area (Å²) in [6.07, 6.45) is 5.92. The van der Waals surface area contributed by atoms with Crippen LogP contribution in [0.15, 0.2) is 85.2 Å². The maximum atomic E-state index is 13.8. The molecule has 2 N–H and O–H groups in total. The number of hydrogen-bond donors (Lipinski definition) is 2. The van der Waals surface area contributed by atoms with Crippen LogP contribution in [0.5, 0.6) is 0 Å². The van der Waals surface area contributed by atoms with Crippen molar-refractivity contribution in [2.45, 2.75) is 37.8 Å². The average molecular weight is 440 g/mol. The van der Waals surface area contributed by atoms with Crippen LogP contribution in [0.1, 0.15) is 34.6 Å². The average Bonchev–Trinajstić information content (AvgIpc) is 2.84. The second-order valence-electron chi connectivity index (χ2n) is 8.63. The van der Waals surface area contributed by atoms with E-state index >= 15 is 0 Å². The molecule has 166 valence electrons. The second-order valence-corrected chi connectivity index (χ2v) is 8.63. The van der Waals surface area contributed by atoms with Gasteiger partial charge in [0.2, 0.25) is 0 Å². The number of nitrogens with one attached hydrogen (secondary N) is 2. The molecule has 0 aliphatic heterocycles. The largest absolute Gasteiger partial charge is 0.335 e. The van der Waals surface area contributed by atoms with Crippen LogP contribution in [-0.2, 0) is 19.4 Å². The lowest BCUT2D eigenvalue weighted by Crippen LogP contribution is -2.46. The normalized spacial score (nSPS) is 17.4. The fourth-order valence-corrected chi connectivity index (χ4v) is 4.91. The lowest BCUT2D eigenvalue weighted by atomic mass is 9.76. The molecule has 0 saturated heterocycles. The molecule has 2 atom stereocenters. The maximum absolute atomic E-state index is 13.8. The van der Waals surface area contributed by atoms with Gasteiger partial charge in [-0.3, -0.25) is 4.98 Å². The van der Waals surface area contributed by atoms with E-state index in [-0.39, 0.29) is 23.8 Å². The summed E-state index contributed by atoms with van der Waals surface area (Å²) in [4.78, 5) is 17.1. The SMILES string of the molecule is O=C(NCc1cccc2cnccc12)NC1CCc2cc(F)ccc2C1Cc1ccccc1. The van der Waals surface area contributed by atoms with E-state index in [1.54, 1.807) is 12.3 Å². The summed E-state index contributed by atoms with van der Waals surface area (Å²) in [7, 11) is 0. The van der Waals surface area contributed by atoms with Crippen molar-refractivity contribution < 1.29 is 9.18 Å². The molecule has 0 fully saturated rings. The fourth-order valence-electron chi connectivity index (χ4n) is 4.91. The van der Waals surface area contributed by atoms with Crippen molar-refractivity contribution >= 4 is 16.8 Å². The molecule has 1 heterocycles. The highest BCUT2D eigenvalue weighted by Crippen LogP contribution is 2.35. The molecule has 0 bridgehead atoms. The molecule has 2 unspecified atom stereocenters. The summed E-state index contributed by atoms with van der Waals surface area (Å²) in [5.74, 6) is -0.118. The first kappa shape index (κ1) is 21.1. The standard InChI is InChI=1S/C28H26FN3O/c29-23-10-11-25-20(16-23)9-12-27(26(25)15-19-5-2-1-3-6-19)32-28(33)31-18-22-8-4-7-21-17-30-14-13-24(21)22/h1-8,10-11,13-14,16-17,26-27H,9,12,15,18H2,(H2,31,32,33). The molecule has 1 aliphatic carbocycles. The predicted molar refractivity (Wildman–Crippen MR) is 129 cm³/mol. The van der Waals surface area contributed by atoms with Gasteiger partial charge < -0.3 is 10.6 Å². The minimum Gasteiger partial charge on any atom is -0.335 e. The third kappa shape index (κ3) is 4.72. The molecule has 3 aromatic carbocycles. The number of fused-ring (bicyclic) bond motifs is 2. The Labute approximate surface area is 192 Å². The summed E-state index contributed by atoms with van der Waals surface area (Å²) in [6.45, 7) is 0.436. The predicted octanol–water partition coefficient (Wildman–Crippen LogP) is 5.51. The summed E-state index contributed by atoms with van der Waals surface area (Å²) in [6, 6.07) is 23.1. The van der Waals surface area contributed by atoms with Gasteiger partial charge >= 0.3 is 6.03 Å². The fraction of sp³-hybridized carbons (Fsp3) is 0.214. The molecule has 5 heteroatoms. The second kappa shape index (κ2) is 9.41. The first-order valence-corrected chi connectivity index (χ1v) is 11.4. The molecule has 4 nitrogen and oxygen atoms in total. The zero-order valence-corrected chi connectivity index (χ0v) is 18.3. The Morgan fingerprint density at radius 3 is 2.79 bits per heavy atom. The Kier molecular flexibility index (Phi) is 6.03. The van der Waals surface area contributed by atoms with Gasteiger partial charge in [-0.25, -0.2) is 9.18 Å². The Morgan fingerprint density at radius 1 is 1.03 bits per heavy atom. The number of amides is 2. The number of carbonyl (C=O) groups is 1. The smallest absolute Gasteiger partial charge is 0.315 e. The van der Waals surface area contributed by atoms with Gasteiger partial charge in [0, 0.05) is 36.3 Å². The molecule has 2 amide bonds. The highest BCUT2D eigenvalue weighted by Gasteiger charge is 2.31. The van der Waals surface area contributed by atoms with Crippen LogP contribution < -0.4 is 10.6 Å². The van der Waals surface area contributed by atoms with Crippen molar-refractivity contribution in [3.05, 3.63) is 113 Å². The summed E-state index contributed by atoms with van der Waals surface area (Å²) in [5, 5.41) is 8.37. The van der Waals surface area contributed by atoms with Crippen LogP contribution in [0, 0.1) is 5.82 Å². The highest BCUT2D eigenvalue weighted by atomic mass is 19.1. The highest BCUT2D eigenvalue weighted by molar-refractivity contribution is 5.85. The number of rotatable bonds is 5. The first-order valence-electron chi connectivity index (χ1n) is 11.4. The quantitative estimate of drug-likeness (QED) is 0.431. The van der Waals surface area contributed by atoms with Crippen molar-refractivity contribution in [1.29, 1.82) is 0 Å². The number of nitrogens with zero attached hydrogens (tertiary/aromatic N) is 1. The van der Waals surface area contributed by atoms with E-state index in [2.05, 4.69) is 27.8 Å². The van der Waals surface area contributed by atoms with E-state index in [0.717, 1.165) is 46.7 Å². The molecule has 0 radical (unpaired) electrons. The Balaban J connectivity index is 1.32. The molecular formula is C28H26FN3O. The number of aromatic nitrogens is 1. The van der Waals surface area contributed by atoms with Gasteiger partial charge in [-0.15, -0.1) is 0 Å². The monoisotopic (exact) mass is 439 g/mol. The maximum Gasteiger partial charge on any atom is 0.315 e. The summed E-state index contributed by atoms with van der Waals surface area (Å²) < 4.78 is 13.8. The Hall–Kier alpha value is -3.73. The first-order chi connectivity index (χ1) is 16.2. The van der Waals surface area contributed by atoms with Crippen LogP contribution in [0.3, 0.4) is 0 Å². The molecule has 0 saturated carbocycles. The van der Waals surface area contributed by atoms with Gasteiger partial charge in [0.25, 0.3) is 0 Å². The van der Waals surface area contributed by atoms with Gasteiger partial charge in [0.15, 0.2) is 0 Å². The third-order valence-corrected chi connectivity index (χ3v) is 6.54. The number of hydrogen-bond acceptors (Lipinski definition) is 2. The molecule has 5 rings (SSSR count). The van der Waals surface area contributed by atoms with E-state index in [9.17, 15) is 9.18 Å². The lowest BCUT2D eigenvalue weighted by molar-refractivity contribution is 0.232. The lowest BCUT2D eigenvalue weighted by Gasteiger charge is -2.34. The molecule has 4 aromatic rings. The van der Waals surface area contributed by atoms with Gasteiger partial charge in [0.1, 0.15) is 5.82 Å². The number of halogens is 1. The van der Waals surface area contributed by atoms with Crippen LogP contribution in [0.2, 0.25) is 0 Å². The van der Waals surface area contributed by atoms with Crippen LogP contribution >= 0.6 is 0 Å². The van der Waals surface area contributed by atoms with Crippen LogP contribution in [-0.4, -0.2) is 17.1 Å². The Bertz CT molecular complexity index is 1270. The van der Waals surface area contributed by atoms with Crippen molar-refractivity contribution in [3.63, 3.8) is 0 Å². The van der Waals surface area contributed by atoms with Crippen molar-refractivity contribution in [3.8, 4) is 0 Å². The van der Waals surface area contributed by atoms with Crippen LogP contribution in [0.25, 0.3) is 10.8 Å². The van der Waals surface area contributed by atoms with Crippen molar-refractivity contribution in [2.24, 2.45) is 0 Å². The van der Waals surface area contributed by atoms with E-state index in [0.29, 0.717) is 6.54 Å². The number of carbonyl (C=O) groups excluding carboxylic acids is 1. The minimum atomic E-state index is -0.207. The molecule has 0 spiro atoms. The zero-order chi connectivity index (χ0) is 22.6. The minimum absolute atomic E-state index is 0.0279. The van der Waals surface area contributed by atoms with Crippen molar-refractivity contribution in [2.75, 3.05) is 0 Å². The van der Waals surface area contributed by atoms with Crippen molar-refractivity contribution in [1.82, 2.24) is 15.6 Å². The van der Waals surface area contributed by atoms with Gasteiger partial charge in [0.05, 0.1) is 0 Å². The number of aryl methyl sites for hydroxylation is 1. The van der Waals surface area contributed by atoms with E-state index in [1.165, 1.54) is 11.6 Å². The van der Waals surface area contributed by atoms with Gasteiger partial charge in [-0.05, 0) is 65.1 Å². The van der Waals surface area contributed by atoms with Gasteiger partial charge in [-0.2, -0.15) is 0 Å². The Morgan fingerprint density at radius 2 is 1.91 bits per heavy atom. The molecule has 33 heavy (non-hydrogen) atoms. The van der Waals surface area contributed by atoms with Gasteiger partial charge in [-0.1, -0.05) is 54.6 Å². The number of pyridine rings is 1. The molecular weight excluding hydrogens is 413 g/mol. The number of benzene rings is 3. The van der Waals surface area contributed by atoms with Crippen LogP contribution in [0.4, 0.5) is 9.18 Å². The van der Waals surface area contributed by atoms with E-state index in [1.807, 2.05) is 54.7 Å². The summed E-state index contributed by atoms with van der Waals surface area (Å²) in [5.41, 5.74) is 4.42. The van der Waals surface area contributed by atoms with E-state index < -0.39 is 0 Å². The molecule has 1 aliphatic rings. The zero-order valence-electron chi connectivity index (χ0n) is 18.3. The summed E-state index contributed by atoms with van der Waals surface area (Å²) >= 11 is 0.